The number of hydrogen-bond donors (Lipinski definition) is 1. The number of hydrogen-bond acceptors (Lipinski definition) is 7. The van der Waals surface area contributed by atoms with Crippen molar-refractivity contribution < 1.29 is 23.9 Å². The number of benzene rings is 2. The Kier molecular flexibility index (Phi) is 6.35. The molecule has 34 heavy (non-hydrogen) atoms. The summed E-state index contributed by atoms with van der Waals surface area (Å²) in [5, 5.41) is 7.58. The standard InChI is InChI=1S/C25H22N4O5/c1-15-22-19(13-20(16-7-5-4-6-8-16)27-23(22)29(2)28-15)25(32)34-14-21(30)26-18-11-9-17(10-12-18)24(31)33-3/h4-13H,14H2,1-3H3,(H,26,30). The number of carbonyl (C=O) groups is 3. The van der Waals surface area contributed by atoms with Gasteiger partial charge in [0.15, 0.2) is 12.3 Å². The monoisotopic (exact) mass is 458 g/mol. The molecule has 0 aliphatic heterocycles. The van der Waals surface area contributed by atoms with Gasteiger partial charge in [-0.15, -0.1) is 0 Å². The minimum Gasteiger partial charge on any atom is -0.465 e. The number of esters is 2. The van der Waals surface area contributed by atoms with Crippen LogP contribution in [0.15, 0.2) is 60.7 Å². The predicted molar refractivity (Wildman–Crippen MR) is 125 cm³/mol. The van der Waals surface area contributed by atoms with E-state index in [1.165, 1.54) is 19.2 Å². The molecule has 9 nitrogen and oxygen atoms in total. The Balaban J connectivity index is 1.52. The van der Waals surface area contributed by atoms with Gasteiger partial charge in [-0.05, 0) is 37.3 Å². The number of rotatable bonds is 6. The summed E-state index contributed by atoms with van der Waals surface area (Å²) in [4.78, 5) is 41.5. The third-order valence-electron chi connectivity index (χ3n) is 5.18. The molecule has 0 aliphatic rings. The van der Waals surface area contributed by atoms with Gasteiger partial charge in [-0.3, -0.25) is 9.48 Å². The topological polar surface area (TPSA) is 112 Å². The molecule has 0 bridgehead atoms. The van der Waals surface area contributed by atoms with Gasteiger partial charge in [0.2, 0.25) is 0 Å². The number of nitrogens with one attached hydrogen (secondary N) is 1. The van der Waals surface area contributed by atoms with E-state index in [1.807, 2.05) is 30.3 Å². The Morgan fingerprint density at radius 1 is 1.00 bits per heavy atom. The molecule has 2 aromatic carbocycles. The zero-order valence-electron chi connectivity index (χ0n) is 18.9. The molecule has 4 aromatic rings. The van der Waals surface area contributed by atoms with Crippen molar-refractivity contribution in [2.24, 2.45) is 7.05 Å². The van der Waals surface area contributed by atoms with Crippen LogP contribution in [0.5, 0.6) is 0 Å². The molecule has 1 N–H and O–H groups in total. The fourth-order valence-electron chi connectivity index (χ4n) is 3.58. The third-order valence-corrected chi connectivity index (χ3v) is 5.18. The van der Waals surface area contributed by atoms with E-state index in [-0.39, 0.29) is 5.56 Å². The van der Waals surface area contributed by atoms with Crippen molar-refractivity contribution in [3.8, 4) is 11.3 Å². The van der Waals surface area contributed by atoms with Crippen LogP contribution in [-0.2, 0) is 21.3 Å². The quantitative estimate of drug-likeness (QED) is 0.440. The lowest BCUT2D eigenvalue weighted by Crippen LogP contribution is -2.21. The summed E-state index contributed by atoms with van der Waals surface area (Å²) in [7, 11) is 3.05. The number of ether oxygens (including phenoxy) is 2. The van der Waals surface area contributed by atoms with Crippen LogP contribution in [0.25, 0.3) is 22.3 Å². The van der Waals surface area contributed by atoms with Gasteiger partial charge in [0, 0.05) is 18.3 Å². The van der Waals surface area contributed by atoms with Crippen LogP contribution in [0, 0.1) is 6.92 Å². The first-order valence-electron chi connectivity index (χ1n) is 10.4. The van der Waals surface area contributed by atoms with Gasteiger partial charge in [0.05, 0.1) is 35.0 Å². The first-order chi connectivity index (χ1) is 16.4. The van der Waals surface area contributed by atoms with Gasteiger partial charge in [0.25, 0.3) is 5.91 Å². The molecule has 2 aromatic heterocycles. The van der Waals surface area contributed by atoms with Gasteiger partial charge in [-0.25, -0.2) is 14.6 Å². The van der Waals surface area contributed by atoms with E-state index in [2.05, 4.69) is 20.1 Å². The fourth-order valence-corrected chi connectivity index (χ4v) is 3.58. The van der Waals surface area contributed by atoms with Crippen LogP contribution in [0.2, 0.25) is 0 Å². The van der Waals surface area contributed by atoms with Crippen molar-refractivity contribution in [2.45, 2.75) is 6.92 Å². The molecule has 2 heterocycles. The lowest BCUT2D eigenvalue weighted by Gasteiger charge is -2.10. The molecule has 9 heteroatoms. The van der Waals surface area contributed by atoms with Crippen molar-refractivity contribution in [1.82, 2.24) is 14.8 Å². The Hall–Kier alpha value is -4.53. The lowest BCUT2D eigenvalue weighted by molar-refractivity contribution is -0.119. The van der Waals surface area contributed by atoms with Crippen LogP contribution >= 0.6 is 0 Å². The van der Waals surface area contributed by atoms with Crippen LogP contribution < -0.4 is 5.32 Å². The number of aromatic nitrogens is 3. The van der Waals surface area contributed by atoms with E-state index >= 15 is 0 Å². The summed E-state index contributed by atoms with van der Waals surface area (Å²) in [6, 6.07) is 17.3. The SMILES string of the molecule is COC(=O)c1ccc(NC(=O)COC(=O)c2cc(-c3ccccc3)nc3c2c(C)nn3C)cc1. The van der Waals surface area contributed by atoms with Crippen LogP contribution in [0.3, 0.4) is 0 Å². The molecule has 0 aliphatic carbocycles. The average molecular weight is 458 g/mol. The normalized spacial score (nSPS) is 10.7. The second-order valence-electron chi connectivity index (χ2n) is 7.52. The summed E-state index contributed by atoms with van der Waals surface area (Å²) >= 11 is 0. The summed E-state index contributed by atoms with van der Waals surface area (Å²) in [5.41, 5.74) is 3.70. The first-order valence-corrected chi connectivity index (χ1v) is 10.4. The van der Waals surface area contributed by atoms with E-state index in [9.17, 15) is 14.4 Å². The summed E-state index contributed by atoms with van der Waals surface area (Å²) in [6.45, 7) is 1.30. The maximum atomic E-state index is 13.0. The van der Waals surface area contributed by atoms with Gasteiger partial charge < -0.3 is 14.8 Å². The molecule has 0 radical (unpaired) electrons. The minimum atomic E-state index is -0.656. The smallest absolute Gasteiger partial charge is 0.339 e. The number of anilines is 1. The molecule has 1 amide bonds. The molecule has 0 saturated heterocycles. The van der Waals surface area contributed by atoms with E-state index < -0.39 is 24.5 Å². The van der Waals surface area contributed by atoms with Crippen LogP contribution in [0.1, 0.15) is 26.4 Å². The van der Waals surface area contributed by atoms with Gasteiger partial charge in [0.1, 0.15) is 0 Å². The number of pyridine rings is 1. The number of methoxy groups -OCH3 is 1. The van der Waals surface area contributed by atoms with Crippen LogP contribution in [0.4, 0.5) is 5.69 Å². The highest BCUT2D eigenvalue weighted by Gasteiger charge is 2.21. The largest absolute Gasteiger partial charge is 0.465 e. The first kappa shape index (κ1) is 22.7. The Morgan fingerprint density at radius 2 is 1.71 bits per heavy atom. The molecule has 0 saturated carbocycles. The molecule has 0 atom stereocenters. The van der Waals surface area contributed by atoms with Crippen molar-refractivity contribution in [3.63, 3.8) is 0 Å². The fraction of sp³-hybridized carbons (Fsp3) is 0.160. The number of aryl methyl sites for hydroxylation is 2. The zero-order valence-corrected chi connectivity index (χ0v) is 18.9. The molecule has 172 valence electrons. The number of nitrogens with zero attached hydrogens (tertiary/aromatic N) is 3. The Bertz CT molecular complexity index is 1380. The Labute approximate surface area is 195 Å². The summed E-state index contributed by atoms with van der Waals surface area (Å²) in [6.07, 6.45) is 0. The molecule has 0 spiro atoms. The van der Waals surface area contributed by atoms with Crippen molar-refractivity contribution in [3.05, 3.63) is 77.5 Å². The minimum absolute atomic E-state index is 0.282. The second kappa shape index (κ2) is 9.53. The molecule has 0 unspecified atom stereocenters. The highest BCUT2D eigenvalue weighted by atomic mass is 16.5. The summed E-state index contributed by atoms with van der Waals surface area (Å²) < 4.78 is 11.6. The highest BCUT2D eigenvalue weighted by molar-refractivity contribution is 6.06. The van der Waals surface area contributed by atoms with E-state index in [0.29, 0.717) is 33.7 Å². The number of amides is 1. The van der Waals surface area contributed by atoms with Crippen molar-refractivity contribution in [1.29, 1.82) is 0 Å². The molecular weight excluding hydrogens is 436 g/mol. The summed E-state index contributed by atoms with van der Waals surface area (Å²) in [5.74, 6) is -1.65. The molecule has 4 rings (SSSR count). The van der Waals surface area contributed by atoms with Crippen molar-refractivity contribution >= 4 is 34.6 Å². The lowest BCUT2D eigenvalue weighted by atomic mass is 10.1. The average Bonchev–Trinajstić information content (AvgIpc) is 3.15. The van der Waals surface area contributed by atoms with E-state index in [4.69, 9.17) is 4.74 Å². The molecular formula is C25H22N4O5. The van der Waals surface area contributed by atoms with Crippen molar-refractivity contribution in [2.75, 3.05) is 19.0 Å². The van der Waals surface area contributed by atoms with Gasteiger partial charge >= 0.3 is 11.9 Å². The zero-order chi connectivity index (χ0) is 24.2. The third kappa shape index (κ3) is 4.63. The predicted octanol–water partition coefficient (Wildman–Crippen LogP) is 3.53. The maximum absolute atomic E-state index is 13.0. The van der Waals surface area contributed by atoms with E-state index in [0.717, 1.165) is 5.56 Å². The number of fused-ring (bicyclic) bond motifs is 1. The number of carbonyl (C=O) groups excluding carboxylic acids is 3. The van der Waals surface area contributed by atoms with Crippen LogP contribution in [-0.4, -0.2) is 46.3 Å². The maximum Gasteiger partial charge on any atom is 0.339 e. The van der Waals surface area contributed by atoms with E-state index in [1.54, 1.807) is 36.9 Å². The Morgan fingerprint density at radius 3 is 2.38 bits per heavy atom. The van der Waals surface area contributed by atoms with Gasteiger partial charge in [-0.1, -0.05) is 30.3 Å². The highest BCUT2D eigenvalue weighted by Crippen LogP contribution is 2.27. The second-order valence-corrected chi connectivity index (χ2v) is 7.52. The molecule has 0 fully saturated rings. The van der Waals surface area contributed by atoms with Gasteiger partial charge in [-0.2, -0.15) is 5.10 Å².